The Labute approximate surface area is 90.9 Å². The molecule has 1 rings (SSSR count). The molecule has 0 aliphatic carbocycles. The van der Waals surface area contributed by atoms with E-state index in [2.05, 4.69) is 13.8 Å². The van der Waals surface area contributed by atoms with Crippen molar-refractivity contribution in [1.82, 2.24) is 0 Å². The molecule has 1 saturated heterocycles. The van der Waals surface area contributed by atoms with Crippen molar-refractivity contribution in [2.24, 2.45) is 5.41 Å². The van der Waals surface area contributed by atoms with Crippen LogP contribution in [0, 0.1) is 5.41 Å². The van der Waals surface area contributed by atoms with E-state index in [0.29, 0.717) is 19.2 Å². The van der Waals surface area contributed by atoms with Gasteiger partial charge in [-0.15, -0.1) is 0 Å². The standard InChI is InChI=1S/C10H19O4P/c1-3-5-6-10(4-2)7-13-15(12,9-11)14-8-10/h9H,3-8H2,1-2H3. The van der Waals surface area contributed by atoms with Crippen molar-refractivity contribution in [1.29, 1.82) is 0 Å². The van der Waals surface area contributed by atoms with Crippen molar-refractivity contribution in [2.45, 2.75) is 39.5 Å². The zero-order valence-electron chi connectivity index (χ0n) is 9.40. The molecule has 0 saturated carbocycles. The smallest absolute Gasteiger partial charge is 0.303 e. The van der Waals surface area contributed by atoms with Crippen LogP contribution in [-0.4, -0.2) is 19.2 Å². The van der Waals surface area contributed by atoms with Crippen LogP contribution in [0.15, 0.2) is 0 Å². The van der Waals surface area contributed by atoms with Gasteiger partial charge in [-0.3, -0.25) is 9.36 Å². The lowest BCUT2D eigenvalue weighted by molar-refractivity contribution is 0.0119. The van der Waals surface area contributed by atoms with Crippen LogP contribution in [-0.2, 0) is 18.4 Å². The molecule has 0 unspecified atom stereocenters. The number of hydrogen-bond acceptors (Lipinski definition) is 4. The van der Waals surface area contributed by atoms with Crippen molar-refractivity contribution in [3.63, 3.8) is 0 Å². The maximum absolute atomic E-state index is 11.5. The first-order chi connectivity index (χ1) is 7.10. The van der Waals surface area contributed by atoms with Gasteiger partial charge in [-0.05, 0) is 12.8 Å². The van der Waals surface area contributed by atoms with Gasteiger partial charge in [0.15, 0.2) is 0 Å². The first-order valence-corrected chi connectivity index (χ1v) is 7.06. The van der Waals surface area contributed by atoms with Gasteiger partial charge in [-0.2, -0.15) is 0 Å². The van der Waals surface area contributed by atoms with Gasteiger partial charge in [0.05, 0.1) is 13.2 Å². The molecular formula is C10H19O4P. The first-order valence-electron chi connectivity index (χ1n) is 5.45. The molecule has 1 heterocycles. The molecule has 0 aromatic rings. The van der Waals surface area contributed by atoms with Crippen molar-refractivity contribution in [3.05, 3.63) is 0 Å². The summed E-state index contributed by atoms with van der Waals surface area (Å²) in [5.41, 5.74) is -0.0487. The molecule has 4 nitrogen and oxygen atoms in total. The van der Waals surface area contributed by atoms with E-state index < -0.39 is 7.60 Å². The molecule has 0 amide bonds. The third kappa shape index (κ3) is 3.13. The summed E-state index contributed by atoms with van der Waals surface area (Å²) in [6, 6.07) is 0.298. The van der Waals surface area contributed by atoms with E-state index in [-0.39, 0.29) is 5.41 Å². The molecule has 1 aliphatic rings. The minimum absolute atomic E-state index is 0.0487. The lowest BCUT2D eigenvalue weighted by Crippen LogP contribution is -2.35. The van der Waals surface area contributed by atoms with Crippen LogP contribution in [0.3, 0.4) is 0 Å². The highest BCUT2D eigenvalue weighted by molar-refractivity contribution is 7.69. The largest absolute Gasteiger partial charge is 0.393 e. The van der Waals surface area contributed by atoms with Gasteiger partial charge in [-0.25, -0.2) is 0 Å². The highest BCUT2D eigenvalue weighted by Gasteiger charge is 2.40. The van der Waals surface area contributed by atoms with Crippen LogP contribution in [0.5, 0.6) is 0 Å². The summed E-state index contributed by atoms with van der Waals surface area (Å²) in [5.74, 6) is 0. The average molecular weight is 234 g/mol. The zero-order valence-corrected chi connectivity index (χ0v) is 10.3. The Morgan fingerprint density at radius 2 is 1.93 bits per heavy atom. The Bertz CT molecular complexity index is 252. The Morgan fingerprint density at radius 1 is 1.33 bits per heavy atom. The molecule has 0 aromatic carbocycles. The van der Waals surface area contributed by atoms with Crippen LogP contribution in [0.2, 0.25) is 0 Å². The van der Waals surface area contributed by atoms with E-state index in [9.17, 15) is 9.36 Å². The van der Waals surface area contributed by atoms with Crippen LogP contribution in [0.4, 0.5) is 0 Å². The van der Waals surface area contributed by atoms with Crippen LogP contribution in [0.25, 0.3) is 0 Å². The fourth-order valence-electron chi connectivity index (χ4n) is 1.67. The van der Waals surface area contributed by atoms with Crippen molar-refractivity contribution >= 4 is 13.6 Å². The Hall–Kier alpha value is -0.180. The summed E-state index contributed by atoms with van der Waals surface area (Å²) in [6.45, 7) is 4.95. The summed E-state index contributed by atoms with van der Waals surface area (Å²) < 4.78 is 21.6. The highest BCUT2D eigenvalue weighted by atomic mass is 31.2. The molecule has 0 atom stereocenters. The molecular weight excluding hydrogens is 215 g/mol. The molecule has 0 bridgehead atoms. The third-order valence-electron chi connectivity index (χ3n) is 3.04. The predicted octanol–water partition coefficient (Wildman–Crippen LogP) is 3.00. The van der Waals surface area contributed by atoms with E-state index in [1.54, 1.807) is 0 Å². The molecule has 1 fully saturated rings. The number of rotatable bonds is 5. The van der Waals surface area contributed by atoms with Crippen LogP contribution in [0.1, 0.15) is 39.5 Å². The third-order valence-corrected chi connectivity index (χ3v) is 4.28. The first kappa shape index (κ1) is 12.9. The van der Waals surface area contributed by atoms with E-state index >= 15 is 0 Å². The molecule has 0 radical (unpaired) electrons. The molecule has 1 aliphatic heterocycles. The van der Waals surface area contributed by atoms with Gasteiger partial charge < -0.3 is 9.05 Å². The average Bonchev–Trinajstić information content (AvgIpc) is 2.29. The van der Waals surface area contributed by atoms with E-state index in [1.807, 2.05) is 0 Å². The number of unbranched alkanes of at least 4 members (excludes halogenated alkanes) is 1. The van der Waals surface area contributed by atoms with Crippen LogP contribution >= 0.6 is 7.60 Å². The van der Waals surface area contributed by atoms with Crippen LogP contribution < -0.4 is 0 Å². The van der Waals surface area contributed by atoms with E-state index in [0.717, 1.165) is 25.7 Å². The number of carbonyl (C=O) groups excluding carboxylic acids is 1. The molecule has 15 heavy (non-hydrogen) atoms. The van der Waals surface area contributed by atoms with Gasteiger partial charge in [0, 0.05) is 5.41 Å². The maximum atomic E-state index is 11.5. The topological polar surface area (TPSA) is 52.6 Å². The van der Waals surface area contributed by atoms with Crippen molar-refractivity contribution in [2.75, 3.05) is 13.2 Å². The molecule has 5 heteroatoms. The molecule has 0 N–H and O–H groups in total. The highest BCUT2D eigenvalue weighted by Crippen LogP contribution is 2.52. The minimum atomic E-state index is -3.40. The monoisotopic (exact) mass is 234 g/mol. The second-order valence-corrected chi connectivity index (χ2v) is 5.96. The number of carbonyl (C=O) groups is 1. The van der Waals surface area contributed by atoms with Gasteiger partial charge in [0.25, 0.3) is 0 Å². The SMILES string of the molecule is CCCCC1(CC)COP(=O)(C=O)OC1. The second-order valence-electron chi connectivity index (χ2n) is 4.15. The maximum Gasteiger partial charge on any atom is 0.393 e. The summed E-state index contributed by atoms with van der Waals surface area (Å²) in [4.78, 5) is 10.5. The number of hydrogen-bond donors (Lipinski definition) is 0. The van der Waals surface area contributed by atoms with E-state index in [4.69, 9.17) is 9.05 Å². The Morgan fingerprint density at radius 3 is 2.33 bits per heavy atom. The Balaban J connectivity index is 2.58. The van der Waals surface area contributed by atoms with Gasteiger partial charge >= 0.3 is 7.60 Å². The lowest BCUT2D eigenvalue weighted by atomic mass is 9.82. The fourth-order valence-corrected chi connectivity index (χ4v) is 2.77. The summed E-state index contributed by atoms with van der Waals surface area (Å²) in [5, 5.41) is 0. The molecule has 88 valence electrons. The Kier molecular flexibility index (Phi) is 4.50. The zero-order chi connectivity index (χ0) is 11.4. The summed E-state index contributed by atoms with van der Waals surface area (Å²) >= 11 is 0. The summed E-state index contributed by atoms with van der Waals surface area (Å²) in [7, 11) is -3.40. The minimum Gasteiger partial charge on any atom is -0.303 e. The lowest BCUT2D eigenvalue weighted by Gasteiger charge is -2.37. The van der Waals surface area contributed by atoms with E-state index in [1.165, 1.54) is 0 Å². The van der Waals surface area contributed by atoms with Gasteiger partial charge in [0.1, 0.15) is 0 Å². The van der Waals surface area contributed by atoms with Gasteiger partial charge in [0.2, 0.25) is 6.03 Å². The second kappa shape index (κ2) is 5.24. The molecule has 0 aromatic heterocycles. The molecule has 0 spiro atoms. The van der Waals surface area contributed by atoms with Gasteiger partial charge in [-0.1, -0.05) is 26.7 Å². The normalized spacial score (nSPS) is 36.4. The predicted molar refractivity (Wildman–Crippen MR) is 58.5 cm³/mol. The van der Waals surface area contributed by atoms with Crippen molar-refractivity contribution < 1.29 is 18.4 Å². The van der Waals surface area contributed by atoms with Crippen molar-refractivity contribution in [3.8, 4) is 0 Å². The quantitative estimate of drug-likeness (QED) is 0.542. The fraction of sp³-hybridized carbons (Fsp3) is 0.900. The summed E-state index contributed by atoms with van der Waals surface area (Å²) in [6.07, 6.45) is 4.14.